The van der Waals surface area contributed by atoms with Crippen LogP contribution in [0, 0.1) is 0 Å². The molecule has 24 valence electrons. The molecule has 0 saturated heterocycles. The van der Waals surface area contributed by atoms with Gasteiger partial charge in [-0.15, -0.1) is 0 Å². The third kappa shape index (κ3) is 11.5. The first kappa shape index (κ1) is 8.91. The Morgan fingerprint density at radius 2 is 1.25 bits per heavy atom. The minimum Gasteiger partial charge on any atom is -0.169 e. The molecule has 0 bridgehead atoms. The molecular weight excluding hydrogens is 104 g/mol. The first-order valence-electron chi connectivity index (χ1n) is 0.816. The summed E-state index contributed by atoms with van der Waals surface area (Å²) in [6.45, 7) is 0. The maximum absolute atomic E-state index is 2.04. The summed E-state index contributed by atoms with van der Waals surface area (Å²) in [5.41, 5.74) is 0. The van der Waals surface area contributed by atoms with Crippen LogP contribution in [-0.4, -0.2) is 12.5 Å². The summed E-state index contributed by atoms with van der Waals surface area (Å²) in [6.07, 6.45) is 4.08. The molecule has 0 spiro atoms. The topological polar surface area (TPSA) is 0 Å². The van der Waals surface area contributed by atoms with Crippen LogP contribution < -0.4 is 0 Å². The zero-order chi connectivity index (χ0) is 2.71. The molecule has 0 fully saturated rings. The Morgan fingerprint density at radius 3 is 1.25 bits per heavy atom. The van der Waals surface area contributed by atoms with Crippen molar-refractivity contribution in [2.75, 3.05) is 12.5 Å². The Balaban J connectivity index is 0. The van der Waals surface area contributed by atoms with Gasteiger partial charge < -0.3 is 0 Å². The van der Waals surface area contributed by atoms with Gasteiger partial charge in [-0.05, 0) is 12.5 Å². The van der Waals surface area contributed by atoms with Crippen LogP contribution in [-0.2, 0) is 21.7 Å². The molecule has 4 heavy (non-hydrogen) atoms. The van der Waals surface area contributed by atoms with Crippen molar-refractivity contribution in [3.05, 3.63) is 0 Å². The van der Waals surface area contributed by atoms with Crippen LogP contribution in [0.15, 0.2) is 0 Å². The average molecular weight is 110 g/mol. The molecule has 0 saturated carbocycles. The van der Waals surface area contributed by atoms with Gasteiger partial charge in [0.15, 0.2) is 0 Å². The number of hydrogen-bond acceptors (Lipinski definition) is 1. The molecule has 0 nitrogen and oxygen atoms in total. The molecule has 0 aromatic rings. The van der Waals surface area contributed by atoms with Gasteiger partial charge in [-0.25, -0.2) is 0 Å². The summed E-state index contributed by atoms with van der Waals surface area (Å²) in [4.78, 5) is 0. The first-order chi connectivity index (χ1) is 1.41. The molecule has 0 N–H and O–H groups in total. The fourth-order valence-corrected chi connectivity index (χ4v) is 0. The average Bonchev–Trinajstić information content (AvgIpc) is 0.918. The van der Waals surface area contributed by atoms with Crippen molar-refractivity contribution in [3.8, 4) is 0 Å². The minimum absolute atomic E-state index is 0. The van der Waals surface area contributed by atoms with Crippen LogP contribution in [0.1, 0.15) is 0 Å². The normalized spacial score (nSPS) is 4.50. The largest absolute Gasteiger partial charge is 0.169 e. The summed E-state index contributed by atoms with van der Waals surface area (Å²) in [7, 11) is 0. The summed E-state index contributed by atoms with van der Waals surface area (Å²) in [6, 6.07) is 0. The summed E-state index contributed by atoms with van der Waals surface area (Å²) < 4.78 is 0. The zero-order valence-corrected chi connectivity index (χ0v) is 5.29. The van der Waals surface area contributed by atoms with E-state index in [1.165, 1.54) is 0 Å². The second-order valence-electron chi connectivity index (χ2n) is 0.408. The van der Waals surface area contributed by atoms with Gasteiger partial charge in [-0.1, -0.05) is 0 Å². The van der Waals surface area contributed by atoms with E-state index in [1.807, 2.05) is 12.5 Å². The summed E-state index contributed by atoms with van der Waals surface area (Å²) >= 11 is 1.75. The zero-order valence-electron chi connectivity index (χ0n) is 2.91. The van der Waals surface area contributed by atoms with Crippen molar-refractivity contribution in [2.45, 2.75) is 0 Å². The molecule has 0 aromatic heterocycles. The van der Waals surface area contributed by atoms with Gasteiger partial charge in [0, 0.05) is 21.7 Å². The Hall–Kier alpha value is 1.06. The number of hydrogen-bond donors (Lipinski definition) is 0. The third-order valence-corrected chi connectivity index (χ3v) is 0. The number of thioether (sulfide) groups is 1. The van der Waals surface area contributed by atoms with Gasteiger partial charge in [-0.3, -0.25) is 0 Å². The molecule has 0 aliphatic carbocycles. The smallest absolute Gasteiger partial charge is 0 e. The van der Waals surface area contributed by atoms with Crippen LogP contribution in [0.2, 0.25) is 0 Å². The molecule has 2 heteroatoms. The van der Waals surface area contributed by atoms with Crippen molar-refractivity contribution in [3.63, 3.8) is 0 Å². The Morgan fingerprint density at radius 1 is 1.25 bits per heavy atom. The van der Waals surface area contributed by atoms with E-state index in [0.29, 0.717) is 0 Å². The Kier molecular flexibility index (Phi) is 19.9. The van der Waals surface area contributed by atoms with Gasteiger partial charge >= 0.3 is 0 Å². The molecule has 0 aliphatic rings. The second-order valence-corrected chi connectivity index (χ2v) is 1.22. The fourth-order valence-electron chi connectivity index (χ4n) is 0. The second kappa shape index (κ2) is 8.96. The Bertz CT molecular complexity index is 6.00. The van der Waals surface area contributed by atoms with Crippen molar-refractivity contribution in [1.29, 1.82) is 0 Å². The predicted octanol–water partition coefficient (Wildman–Crippen LogP) is 0.977. The molecule has 0 radical (unpaired) electrons. The van der Waals surface area contributed by atoms with E-state index in [9.17, 15) is 0 Å². The maximum Gasteiger partial charge on any atom is 0 e. The summed E-state index contributed by atoms with van der Waals surface area (Å²) in [5, 5.41) is 0. The van der Waals surface area contributed by atoms with Crippen LogP contribution in [0.5, 0.6) is 0 Å². The van der Waals surface area contributed by atoms with Gasteiger partial charge in [0.2, 0.25) is 0 Å². The monoisotopic (exact) mass is 110 g/mol. The van der Waals surface area contributed by atoms with Crippen LogP contribution >= 0.6 is 11.8 Å². The van der Waals surface area contributed by atoms with E-state index in [1.54, 1.807) is 11.8 Å². The first-order valence-corrected chi connectivity index (χ1v) is 2.45. The van der Waals surface area contributed by atoms with Gasteiger partial charge in [0.05, 0.1) is 0 Å². The summed E-state index contributed by atoms with van der Waals surface area (Å²) in [5.74, 6) is 0. The van der Waals surface area contributed by atoms with Gasteiger partial charge in [0.25, 0.3) is 0 Å². The molecule has 0 heterocycles. The molecule has 0 aliphatic heterocycles. The molecule has 0 unspecified atom stereocenters. The van der Waals surface area contributed by atoms with E-state index >= 15 is 0 Å². The van der Waals surface area contributed by atoms with Crippen molar-refractivity contribution < 1.29 is 21.7 Å². The van der Waals surface area contributed by atoms with E-state index in [-0.39, 0.29) is 21.7 Å². The number of rotatable bonds is 0. The van der Waals surface area contributed by atoms with E-state index < -0.39 is 0 Å². The minimum atomic E-state index is 0. The van der Waals surface area contributed by atoms with E-state index in [0.717, 1.165) is 0 Å². The van der Waals surface area contributed by atoms with E-state index in [4.69, 9.17) is 0 Å². The van der Waals surface area contributed by atoms with Gasteiger partial charge in [0.1, 0.15) is 0 Å². The van der Waals surface area contributed by atoms with E-state index in [2.05, 4.69) is 0 Å². The van der Waals surface area contributed by atoms with Gasteiger partial charge in [-0.2, -0.15) is 11.8 Å². The molecule has 0 atom stereocenters. The van der Waals surface area contributed by atoms with Crippen molar-refractivity contribution in [2.24, 2.45) is 0 Å². The van der Waals surface area contributed by atoms with Crippen molar-refractivity contribution >= 4 is 11.8 Å². The standard InChI is InChI=1S/C2H6S.Ti/c1-3-2;/h1-2H3;. The SMILES string of the molecule is CSC.[Ti]. The molecule has 0 aromatic carbocycles. The quantitative estimate of drug-likeness (QED) is 0.419. The molecule has 0 rings (SSSR count). The van der Waals surface area contributed by atoms with Crippen LogP contribution in [0.25, 0.3) is 0 Å². The Labute approximate surface area is 46.2 Å². The van der Waals surface area contributed by atoms with Crippen molar-refractivity contribution in [1.82, 2.24) is 0 Å². The third-order valence-electron chi connectivity index (χ3n) is 0. The van der Waals surface area contributed by atoms with Crippen LogP contribution in [0.3, 0.4) is 0 Å². The maximum atomic E-state index is 2.04. The predicted molar refractivity (Wildman–Crippen MR) is 19.4 cm³/mol. The van der Waals surface area contributed by atoms with Crippen LogP contribution in [0.4, 0.5) is 0 Å². The molecular formula is C2H6STi. The molecule has 0 amide bonds. The fraction of sp³-hybridized carbons (Fsp3) is 1.00.